The van der Waals surface area contributed by atoms with E-state index < -0.39 is 0 Å². The van der Waals surface area contributed by atoms with Crippen molar-refractivity contribution in [2.24, 2.45) is 11.8 Å². The first-order valence-electron chi connectivity index (χ1n) is 9.29. The van der Waals surface area contributed by atoms with Crippen LogP contribution in [0.1, 0.15) is 57.6 Å². The zero-order chi connectivity index (χ0) is 18.0. The molecule has 1 aromatic rings. The minimum atomic E-state index is -0.193. The molecule has 2 atom stereocenters. The smallest absolute Gasteiger partial charge is 0.226 e. The first-order chi connectivity index (χ1) is 11.9. The molecule has 0 spiro atoms. The van der Waals surface area contributed by atoms with Gasteiger partial charge in [-0.15, -0.1) is 0 Å². The standard InChI is InChI=1S/C20H27ClN2O2/c1-13(2)22-19(24)11-16-7-10-18(15-5-8-17(21)9-6-15)23(20(16)25)12-14-3-4-14/h5-6,8-9,13-14,16,18H,3-4,7,10-12H2,1-2H3,(H,22,24)/t16-,18?/m1/s1. The molecule has 1 N–H and O–H groups in total. The van der Waals surface area contributed by atoms with Crippen LogP contribution in [0.15, 0.2) is 24.3 Å². The Morgan fingerprint density at radius 2 is 1.88 bits per heavy atom. The van der Waals surface area contributed by atoms with Crippen LogP contribution in [-0.2, 0) is 9.59 Å². The normalized spacial score (nSPS) is 23.8. The second-order valence-electron chi connectivity index (χ2n) is 7.70. The molecule has 0 bridgehead atoms. The Bertz CT molecular complexity index is 625. The lowest BCUT2D eigenvalue weighted by molar-refractivity contribution is -0.145. The molecule has 1 saturated heterocycles. The van der Waals surface area contributed by atoms with Crippen molar-refractivity contribution < 1.29 is 9.59 Å². The summed E-state index contributed by atoms with van der Waals surface area (Å²) in [6.45, 7) is 4.70. The van der Waals surface area contributed by atoms with Crippen LogP contribution in [0, 0.1) is 11.8 Å². The van der Waals surface area contributed by atoms with Gasteiger partial charge in [-0.1, -0.05) is 23.7 Å². The molecule has 4 nitrogen and oxygen atoms in total. The first kappa shape index (κ1) is 18.2. The highest BCUT2D eigenvalue weighted by atomic mass is 35.5. The van der Waals surface area contributed by atoms with Gasteiger partial charge in [0.05, 0.1) is 6.04 Å². The number of nitrogens with zero attached hydrogens (tertiary/aromatic N) is 1. The van der Waals surface area contributed by atoms with Gasteiger partial charge in [0.15, 0.2) is 0 Å². The molecule has 2 fully saturated rings. The number of piperidine rings is 1. The van der Waals surface area contributed by atoms with Crippen LogP contribution >= 0.6 is 11.6 Å². The second-order valence-corrected chi connectivity index (χ2v) is 8.14. The summed E-state index contributed by atoms with van der Waals surface area (Å²) < 4.78 is 0. The average Bonchev–Trinajstić information content (AvgIpc) is 3.36. The number of hydrogen-bond acceptors (Lipinski definition) is 2. The summed E-state index contributed by atoms with van der Waals surface area (Å²) in [7, 11) is 0. The van der Waals surface area contributed by atoms with E-state index in [4.69, 9.17) is 11.6 Å². The molecule has 1 aromatic carbocycles. The van der Waals surface area contributed by atoms with E-state index >= 15 is 0 Å². The van der Waals surface area contributed by atoms with Gasteiger partial charge in [0.2, 0.25) is 11.8 Å². The van der Waals surface area contributed by atoms with Gasteiger partial charge in [-0.2, -0.15) is 0 Å². The van der Waals surface area contributed by atoms with Gasteiger partial charge in [0, 0.05) is 29.9 Å². The Hall–Kier alpha value is -1.55. The van der Waals surface area contributed by atoms with E-state index in [1.54, 1.807) is 0 Å². The number of likely N-dealkylation sites (tertiary alicyclic amines) is 1. The van der Waals surface area contributed by atoms with Crippen molar-refractivity contribution in [3.63, 3.8) is 0 Å². The molecule has 0 aromatic heterocycles. The minimum absolute atomic E-state index is 0.0235. The lowest BCUT2D eigenvalue weighted by Gasteiger charge is -2.40. The molecule has 5 heteroatoms. The largest absolute Gasteiger partial charge is 0.354 e. The summed E-state index contributed by atoms with van der Waals surface area (Å²) in [5.41, 5.74) is 1.14. The summed E-state index contributed by atoms with van der Waals surface area (Å²) in [6.07, 6.45) is 4.37. The fraction of sp³-hybridized carbons (Fsp3) is 0.600. The summed E-state index contributed by atoms with van der Waals surface area (Å²) in [4.78, 5) is 27.2. The van der Waals surface area contributed by atoms with Crippen molar-refractivity contribution in [2.75, 3.05) is 6.54 Å². The van der Waals surface area contributed by atoms with E-state index in [9.17, 15) is 9.59 Å². The Kier molecular flexibility index (Phi) is 5.67. The van der Waals surface area contributed by atoms with Crippen molar-refractivity contribution in [2.45, 2.75) is 58.0 Å². The highest BCUT2D eigenvalue weighted by molar-refractivity contribution is 6.30. The monoisotopic (exact) mass is 362 g/mol. The van der Waals surface area contributed by atoms with E-state index in [1.807, 2.05) is 43.0 Å². The van der Waals surface area contributed by atoms with Crippen LogP contribution in [0.3, 0.4) is 0 Å². The van der Waals surface area contributed by atoms with E-state index in [1.165, 1.54) is 12.8 Å². The SMILES string of the molecule is CC(C)NC(=O)C[C@H]1CCC(c2ccc(Cl)cc2)N(CC2CC2)C1=O. The van der Waals surface area contributed by atoms with Gasteiger partial charge in [0.25, 0.3) is 0 Å². The molecule has 25 heavy (non-hydrogen) atoms. The van der Waals surface area contributed by atoms with Gasteiger partial charge >= 0.3 is 0 Å². The third-order valence-electron chi connectivity index (χ3n) is 5.09. The van der Waals surface area contributed by atoms with E-state index in [2.05, 4.69) is 5.32 Å². The number of halogens is 1. The summed E-state index contributed by atoms with van der Waals surface area (Å²) in [5, 5.41) is 3.61. The number of nitrogens with one attached hydrogen (secondary N) is 1. The van der Waals surface area contributed by atoms with E-state index in [-0.39, 0.29) is 29.8 Å². The van der Waals surface area contributed by atoms with Crippen LogP contribution in [0.2, 0.25) is 5.02 Å². The lowest BCUT2D eigenvalue weighted by atomic mass is 9.86. The molecule has 0 radical (unpaired) electrons. The van der Waals surface area contributed by atoms with Crippen LogP contribution in [0.4, 0.5) is 0 Å². The molecule has 2 aliphatic rings. The molecule has 1 aliphatic heterocycles. The molecular weight excluding hydrogens is 336 g/mol. The van der Waals surface area contributed by atoms with Crippen LogP contribution in [-0.4, -0.2) is 29.3 Å². The van der Waals surface area contributed by atoms with Crippen LogP contribution in [0.25, 0.3) is 0 Å². The number of carbonyl (C=O) groups excluding carboxylic acids is 2. The predicted octanol–water partition coefficient (Wildman–Crippen LogP) is 3.94. The van der Waals surface area contributed by atoms with Crippen molar-refractivity contribution in [1.82, 2.24) is 10.2 Å². The topological polar surface area (TPSA) is 49.4 Å². The molecule has 136 valence electrons. The Morgan fingerprint density at radius 3 is 2.48 bits per heavy atom. The molecular formula is C20H27ClN2O2. The quantitative estimate of drug-likeness (QED) is 0.833. The second kappa shape index (κ2) is 7.77. The Labute approximate surface area is 154 Å². The molecule has 1 heterocycles. The summed E-state index contributed by atoms with van der Waals surface area (Å²) in [6, 6.07) is 8.03. The number of benzene rings is 1. The maximum Gasteiger partial charge on any atom is 0.226 e. The van der Waals surface area contributed by atoms with Crippen molar-refractivity contribution >= 4 is 23.4 Å². The molecule has 1 saturated carbocycles. The number of amides is 2. The predicted molar refractivity (Wildman–Crippen MR) is 99.2 cm³/mol. The minimum Gasteiger partial charge on any atom is -0.354 e. The molecule has 1 unspecified atom stereocenters. The van der Waals surface area contributed by atoms with Crippen molar-refractivity contribution in [3.8, 4) is 0 Å². The Balaban J connectivity index is 1.73. The van der Waals surface area contributed by atoms with Crippen LogP contribution < -0.4 is 5.32 Å². The molecule has 2 amide bonds. The third-order valence-corrected chi connectivity index (χ3v) is 5.34. The van der Waals surface area contributed by atoms with Crippen molar-refractivity contribution in [1.29, 1.82) is 0 Å². The zero-order valence-electron chi connectivity index (χ0n) is 15.0. The molecule has 3 rings (SSSR count). The van der Waals surface area contributed by atoms with E-state index in [0.717, 1.165) is 24.9 Å². The van der Waals surface area contributed by atoms with Crippen LogP contribution in [0.5, 0.6) is 0 Å². The lowest BCUT2D eigenvalue weighted by Crippen LogP contribution is -2.46. The van der Waals surface area contributed by atoms with Gasteiger partial charge in [-0.25, -0.2) is 0 Å². The van der Waals surface area contributed by atoms with Gasteiger partial charge in [0.1, 0.15) is 0 Å². The molecule has 1 aliphatic carbocycles. The maximum absolute atomic E-state index is 13.1. The number of carbonyl (C=O) groups is 2. The van der Waals surface area contributed by atoms with E-state index in [0.29, 0.717) is 17.4 Å². The fourth-order valence-electron chi connectivity index (χ4n) is 3.65. The Morgan fingerprint density at radius 1 is 1.20 bits per heavy atom. The van der Waals surface area contributed by atoms with Crippen molar-refractivity contribution in [3.05, 3.63) is 34.9 Å². The van der Waals surface area contributed by atoms with Gasteiger partial charge in [-0.05, 0) is 63.1 Å². The highest BCUT2D eigenvalue weighted by Crippen LogP contribution is 2.39. The zero-order valence-corrected chi connectivity index (χ0v) is 15.8. The number of rotatable bonds is 6. The van der Waals surface area contributed by atoms with Gasteiger partial charge in [-0.3, -0.25) is 9.59 Å². The maximum atomic E-state index is 13.1. The fourth-order valence-corrected chi connectivity index (χ4v) is 3.77. The number of hydrogen-bond donors (Lipinski definition) is 1. The third kappa shape index (κ3) is 4.75. The first-order valence-corrected chi connectivity index (χ1v) is 9.67. The summed E-state index contributed by atoms with van der Waals surface area (Å²) in [5.74, 6) is 0.546. The van der Waals surface area contributed by atoms with Gasteiger partial charge < -0.3 is 10.2 Å². The summed E-state index contributed by atoms with van der Waals surface area (Å²) >= 11 is 6.01. The highest BCUT2D eigenvalue weighted by Gasteiger charge is 2.39. The average molecular weight is 363 g/mol.